The van der Waals surface area contributed by atoms with Crippen molar-refractivity contribution in [1.82, 2.24) is 0 Å². The zero-order chi connectivity index (χ0) is 10.9. The van der Waals surface area contributed by atoms with E-state index < -0.39 is 0 Å². The highest BCUT2D eigenvalue weighted by atomic mass is 16.6. The summed E-state index contributed by atoms with van der Waals surface area (Å²) in [4.78, 5) is 0. The van der Waals surface area contributed by atoms with Gasteiger partial charge >= 0.3 is 0 Å². The lowest BCUT2D eigenvalue weighted by atomic mass is 9.90. The molecule has 1 saturated heterocycles. The topological polar surface area (TPSA) is 42.0 Å². The smallest absolute Gasteiger partial charge is 0.0845 e. The van der Waals surface area contributed by atoms with Crippen LogP contribution in [0.3, 0.4) is 0 Å². The van der Waals surface area contributed by atoms with E-state index in [0.717, 1.165) is 6.61 Å². The summed E-state index contributed by atoms with van der Waals surface area (Å²) in [5.74, 6) is 0.659. The van der Waals surface area contributed by atoms with Crippen LogP contribution < -0.4 is 0 Å². The Morgan fingerprint density at radius 1 is 1.33 bits per heavy atom. The van der Waals surface area contributed by atoms with Gasteiger partial charge in [0.25, 0.3) is 0 Å². The second-order valence-corrected chi connectivity index (χ2v) is 5.44. The van der Waals surface area contributed by atoms with Gasteiger partial charge < -0.3 is 14.6 Å². The molecule has 2 aliphatic rings. The first-order valence-corrected chi connectivity index (χ1v) is 6.01. The van der Waals surface area contributed by atoms with Crippen molar-refractivity contribution in [3.8, 4) is 0 Å². The van der Waals surface area contributed by atoms with E-state index in [0.29, 0.717) is 24.5 Å². The lowest BCUT2D eigenvalue weighted by molar-refractivity contribution is -0.0519. The fourth-order valence-corrected chi connectivity index (χ4v) is 2.32. The Bertz CT molecular complexity index is 215. The van der Waals surface area contributed by atoms with Crippen molar-refractivity contribution < 1.29 is 14.6 Å². The minimum Gasteiger partial charge on any atom is -0.396 e. The lowest BCUT2D eigenvalue weighted by Gasteiger charge is -2.28. The van der Waals surface area contributed by atoms with Gasteiger partial charge in [0.15, 0.2) is 0 Å². The zero-order valence-electron chi connectivity index (χ0n) is 9.74. The fourth-order valence-electron chi connectivity index (χ4n) is 2.32. The van der Waals surface area contributed by atoms with Gasteiger partial charge in [-0.2, -0.15) is 0 Å². The summed E-state index contributed by atoms with van der Waals surface area (Å²) < 4.78 is 11.4. The summed E-state index contributed by atoms with van der Waals surface area (Å²) in [5.41, 5.74) is -0.185. The fraction of sp³-hybridized carbons (Fsp3) is 1.00. The third kappa shape index (κ3) is 3.16. The molecule has 2 rings (SSSR count). The number of fused-ring (bicyclic) bond motifs is 1. The minimum absolute atomic E-state index is 0.185. The summed E-state index contributed by atoms with van der Waals surface area (Å²) in [6.07, 6.45) is 5.43. The molecule has 15 heavy (non-hydrogen) atoms. The second-order valence-electron chi connectivity index (χ2n) is 5.44. The van der Waals surface area contributed by atoms with Crippen LogP contribution in [0.2, 0.25) is 0 Å². The summed E-state index contributed by atoms with van der Waals surface area (Å²) in [6.45, 7) is 5.11. The molecule has 1 heterocycles. The predicted octanol–water partition coefficient (Wildman–Crippen LogP) is 1.73. The van der Waals surface area contributed by atoms with E-state index in [1.54, 1.807) is 0 Å². The number of aliphatic hydroxyl groups is 1. The van der Waals surface area contributed by atoms with E-state index in [9.17, 15) is 0 Å². The van der Waals surface area contributed by atoms with Crippen molar-refractivity contribution >= 4 is 0 Å². The molecule has 1 N–H and O–H groups in total. The summed E-state index contributed by atoms with van der Waals surface area (Å²) >= 11 is 0. The highest BCUT2D eigenvalue weighted by molar-refractivity contribution is 4.91. The predicted molar refractivity (Wildman–Crippen MR) is 57.7 cm³/mol. The Morgan fingerprint density at radius 3 is 2.80 bits per heavy atom. The van der Waals surface area contributed by atoms with Gasteiger partial charge in [0.1, 0.15) is 0 Å². The summed E-state index contributed by atoms with van der Waals surface area (Å²) in [6, 6.07) is 0. The van der Waals surface area contributed by atoms with Gasteiger partial charge in [0.2, 0.25) is 0 Å². The summed E-state index contributed by atoms with van der Waals surface area (Å²) in [7, 11) is 0. The van der Waals surface area contributed by atoms with Gasteiger partial charge in [-0.15, -0.1) is 0 Å². The van der Waals surface area contributed by atoms with Crippen LogP contribution in [0.5, 0.6) is 0 Å². The van der Waals surface area contributed by atoms with Gasteiger partial charge in [-0.25, -0.2) is 0 Å². The lowest BCUT2D eigenvalue weighted by Crippen LogP contribution is -2.30. The molecule has 0 bridgehead atoms. The largest absolute Gasteiger partial charge is 0.396 e. The number of hydrogen-bond acceptors (Lipinski definition) is 3. The van der Waals surface area contributed by atoms with Crippen LogP contribution in [0.25, 0.3) is 0 Å². The molecule has 0 spiro atoms. The normalized spacial score (nSPS) is 35.0. The molecule has 0 radical (unpaired) electrons. The molecule has 3 unspecified atom stereocenters. The van der Waals surface area contributed by atoms with Crippen LogP contribution in [-0.2, 0) is 9.47 Å². The molecule has 3 heteroatoms. The SMILES string of the molecule is CC(C)(CCO)OCC1CCC2OC2C1. The Kier molecular flexibility index (Phi) is 3.33. The molecule has 0 aromatic rings. The highest BCUT2D eigenvalue weighted by Gasteiger charge is 2.43. The maximum atomic E-state index is 8.89. The van der Waals surface area contributed by atoms with Crippen molar-refractivity contribution in [2.45, 2.75) is 57.3 Å². The van der Waals surface area contributed by atoms with Crippen molar-refractivity contribution in [3.63, 3.8) is 0 Å². The van der Waals surface area contributed by atoms with Crippen molar-refractivity contribution in [3.05, 3.63) is 0 Å². The Hall–Kier alpha value is -0.120. The minimum atomic E-state index is -0.185. The number of hydrogen-bond donors (Lipinski definition) is 1. The number of rotatable bonds is 5. The molecule has 0 aromatic heterocycles. The third-order valence-electron chi connectivity index (χ3n) is 3.54. The molecule has 3 atom stereocenters. The van der Waals surface area contributed by atoms with E-state index >= 15 is 0 Å². The quantitative estimate of drug-likeness (QED) is 0.709. The third-order valence-corrected chi connectivity index (χ3v) is 3.54. The van der Waals surface area contributed by atoms with E-state index in [1.165, 1.54) is 19.3 Å². The zero-order valence-corrected chi connectivity index (χ0v) is 9.74. The molecular weight excluding hydrogens is 192 g/mol. The van der Waals surface area contributed by atoms with Gasteiger partial charge in [-0.1, -0.05) is 0 Å². The average Bonchev–Trinajstić information content (AvgIpc) is 2.92. The number of ether oxygens (including phenoxy) is 2. The van der Waals surface area contributed by atoms with Crippen LogP contribution in [0, 0.1) is 5.92 Å². The van der Waals surface area contributed by atoms with Crippen molar-refractivity contribution in [2.75, 3.05) is 13.2 Å². The Labute approximate surface area is 91.8 Å². The van der Waals surface area contributed by atoms with E-state index in [4.69, 9.17) is 14.6 Å². The van der Waals surface area contributed by atoms with Gasteiger partial charge in [-0.05, 0) is 45.4 Å². The highest BCUT2D eigenvalue weighted by Crippen LogP contribution is 2.39. The van der Waals surface area contributed by atoms with Gasteiger partial charge in [0.05, 0.1) is 24.4 Å². The van der Waals surface area contributed by atoms with Crippen LogP contribution in [-0.4, -0.2) is 36.1 Å². The Morgan fingerprint density at radius 2 is 2.13 bits per heavy atom. The molecule has 1 aliphatic heterocycles. The molecule has 1 saturated carbocycles. The van der Waals surface area contributed by atoms with Crippen LogP contribution in [0.15, 0.2) is 0 Å². The van der Waals surface area contributed by atoms with Crippen molar-refractivity contribution in [1.29, 1.82) is 0 Å². The van der Waals surface area contributed by atoms with E-state index in [1.807, 2.05) is 13.8 Å². The standard InChI is InChI=1S/C12H22O3/c1-12(2,5-6-13)14-8-9-3-4-10-11(7-9)15-10/h9-11,13H,3-8H2,1-2H3. The first kappa shape index (κ1) is 11.4. The number of aliphatic hydroxyl groups excluding tert-OH is 1. The average molecular weight is 214 g/mol. The van der Waals surface area contributed by atoms with Gasteiger partial charge in [-0.3, -0.25) is 0 Å². The van der Waals surface area contributed by atoms with Crippen LogP contribution in [0.4, 0.5) is 0 Å². The van der Waals surface area contributed by atoms with E-state index in [-0.39, 0.29) is 12.2 Å². The molecular formula is C12H22O3. The van der Waals surface area contributed by atoms with E-state index in [2.05, 4.69) is 0 Å². The second kappa shape index (κ2) is 4.40. The molecule has 88 valence electrons. The van der Waals surface area contributed by atoms with Crippen molar-refractivity contribution in [2.24, 2.45) is 5.92 Å². The molecule has 2 fully saturated rings. The van der Waals surface area contributed by atoms with Gasteiger partial charge in [0, 0.05) is 6.61 Å². The number of epoxide rings is 1. The maximum Gasteiger partial charge on any atom is 0.0845 e. The first-order chi connectivity index (χ1) is 7.11. The molecule has 3 nitrogen and oxygen atoms in total. The molecule has 1 aliphatic carbocycles. The first-order valence-electron chi connectivity index (χ1n) is 6.01. The molecule has 0 amide bonds. The Balaban J connectivity index is 1.68. The summed E-state index contributed by atoms with van der Waals surface area (Å²) in [5, 5.41) is 8.89. The maximum absolute atomic E-state index is 8.89. The monoisotopic (exact) mass is 214 g/mol. The molecule has 0 aromatic carbocycles. The van der Waals surface area contributed by atoms with Crippen LogP contribution >= 0.6 is 0 Å². The van der Waals surface area contributed by atoms with Crippen LogP contribution in [0.1, 0.15) is 39.5 Å².